The molecular weight excluding hydrogens is 360 g/mol. The molecule has 2 heterocycles. The van der Waals surface area contributed by atoms with Crippen LogP contribution >= 0.6 is 0 Å². The molecule has 1 atom stereocenters. The highest BCUT2D eigenvalue weighted by molar-refractivity contribution is 5.80. The molecule has 0 aromatic rings. The Balaban J connectivity index is 1.37. The van der Waals surface area contributed by atoms with Crippen molar-refractivity contribution in [2.24, 2.45) is 11.7 Å². The highest BCUT2D eigenvalue weighted by atomic mass is 16.2. The van der Waals surface area contributed by atoms with Gasteiger partial charge >= 0.3 is 6.03 Å². The van der Waals surface area contributed by atoms with Crippen LogP contribution in [0.2, 0.25) is 0 Å². The van der Waals surface area contributed by atoms with Crippen molar-refractivity contribution in [2.75, 3.05) is 39.3 Å². The van der Waals surface area contributed by atoms with Gasteiger partial charge in [0.2, 0.25) is 11.8 Å². The first-order valence-corrected chi connectivity index (χ1v) is 10.2. The number of piperazine rings is 1. The van der Waals surface area contributed by atoms with E-state index in [1.54, 1.807) is 9.80 Å². The molecular formula is C19H30N6O3. The molecule has 9 nitrogen and oxygen atoms in total. The Hall–Kier alpha value is -2.34. The van der Waals surface area contributed by atoms with Gasteiger partial charge in [0, 0.05) is 44.7 Å². The second-order valence-electron chi connectivity index (χ2n) is 7.95. The molecule has 0 unspecified atom stereocenters. The van der Waals surface area contributed by atoms with Crippen LogP contribution in [0.4, 0.5) is 4.79 Å². The number of primary amides is 1. The number of nitrogens with one attached hydrogen (secondary N) is 1. The molecule has 0 aromatic heterocycles. The maximum absolute atomic E-state index is 12.7. The zero-order valence-electron chi connectivity index (χ0n) is 16.3. The van der Waals surface area contributed by atoms with Crippen molar-refractivity contribution in [2.45, 2.75) is 50.6 Å². The van der Waals surface area contributed by atoms with Gasteiger partial charge < -0.3 is 25.8 Å². The SMILES string of the molecule is N#C[C@@H]1CCCN1C(=O)CNC1CCC(C(=O)N2CCN(C(N)=O)CC2)CC1. The van der Waals surface area contributed by atoms with Gasteiger partial charge in [-0.15, -0.1) is 0 Å². The summed E-state index contributed by atoms with van der Waals surface area (Å²) in [4.78, 5) is 41.3. The molecule has 4 amide bonds. The molecule has 0 aromatic carbocycles. The van der Waals surface area contributed by atoms with E-state index in [1.165, 1.54) is 0 Å². The van der Waals surface area contributed by atoms with E-state index in [0.29, 0.717) is 32.7 Å². The number of carbonyl (C=O) groups is 3. The van der Waals surface area contributed by atoms with Crippen molar-refractivity contribution in [3.8, 4) is 6.07 Å². The molecule has 2 saturated heterocycles. The maximum atomic E-state index is 12.7. The summed E-state index contributed by atoms with van der Waals surface area (Å²) >= 11 is 0. The van der Waals surface area contributed by atoms with E-state index in [2.05, 4.69) is 11.4 Å². The van der Waals surface area contributed by atoms with Crippen LogP contribution in [0.5, 0.6) is 0 Å². The zero-order chi connectivity index (χ0) is 20.1. The van der Waals surface area contributed by atoms with Crippen molar-refractivity contribution in [3.63, 3.8) is 0 Å². The molecule has 2 aliphatic heterocycles. The summed E-state index contributed by atoms with van der Waals surface area (Å²) in [6, 6.07) is 1.73. The number of nitrogens with two attached hydrogens (primary N) is 1. The first kappa shape index (κ1) is 20.4. The molecule has 3 fully saturated rings. The molecule has 1 saturated carbocycles. The summed E-state index contributed by atoms with van der Waals surface area (Å²) in [7, 11) is 0. The lowest BCUT2D eigenvalue weighted by atomic mass is 9.85. The Morgan fingerprint density at radius 2 is 1.61 bits per heavy atom. The third kappa shape index (κ3) is 4.73. The number of nitriles is 1. The number of nitrogens with zero attached hydrogens (tertiary/aromatic N) is 4. The number of urea groups is 1. The van der Waals surface area contributed by atoms with Gasteiger partial charge in [-0.2, -0.15) is 5.26 Å². The Morgan fingerprint density at radius 3 is 2.21 bits per heavy atom. The van der Waals surface area contributed by atoms with E-state index in [-0.39, 0.29) is 36.4 Å². The summed E-state index contributed by atoms with van der Waals surface area (Å²) < 4.78 is 0. The largest absolute Gasteiger partial charge is 0.351 e. The van der Waals surface area contributed by atoms with E-state index in [4.69, 9.17) is 11.0 Å². The van der Waals surface area contributed by atoms with E-state index < -0.39 is 6.03 Å². The Bertz CT molecular complexity index is 632. The average molecular weight is 390 g/mol. The number of hydrogen-bond acceptors (Lipinski definition) is 5. The number of carbonyl (C=O) groups excluding carboxylic acids is 3. The summed E-state index contributed by atoms with van der Waals surface area (Å²) in [5.41, 5.74) is 5.29. The highest BCUT2D eigenvalue weighted by Crippen LogP contribution is 2.26. The Labute approximate surface area is 165 Å². The molecule has 154 valence electrons. The average Bonchev–Trinajstić information content (AvgIpc) is 3.21. The fraction of sp³-hybridized carbons (Fsp3) is 0.789. The van der Waals surface area contributed by atoms with Crippen LogP contribution in [-0.2, 0) is 9.59 Å². The Morgan fingerprint density at radius 1 is 0.964 bits per heavy atom. The summed E-state index contributed by atoms with van der Waals surface area (Å²) in [5, 5.41) is 12.4. The fourth-order valence-corrected chi connectivity index (χ4v) is 4.48. The summed E-state index contributed by atoms with van der Waals surface area (Å²) in [6.07, 6.45) is 5.02. The van der Waals surface area contributed by atoms with E-state index in [9.17, 15) is 14.4 Å². The lowest BCUT2D eigenvalue weighted by molar-refractivity contribution is -0.138. The number of hydrogen-bond donors (Lipinski definition) is 2. The van der Waals surface area contributed by atoms with E-state index >= 15 is 0 Å². The number of rotatable bonds is 4. The number of likely N-dealkylation sites (tertiary alicyclic amines) is 1. The topological polar surface area (TPSA) is 123 Å². The van der Waals surface area contributed by atoms with Crippen molar-refractivity contribution >= 4 is 17.8 Å². The van der Waals surface area contributed by atoms with Crippen LogP contribution in [-0.4, -0.2) is 83.9 Å². The standard InChI is InChI=1S/C19H30N6O3/c20-12-16-2-1-7-25(16)17(26)13-22-15-5-3-14(4-6-15)18(27)23-8-10-24(11-9-23)19(21)28/h14-16,22H,1-11,13H2,(H2,21,28)/t14?,15?,16-/m0/s1. The first-order valence-electron chi connectivity index (χ1n) is 10.2. The van der Waals surface area contributed by atoms with Crippen LogP contribution in [0.1, 0.15) is 38.5 Å². The van der Waals surface area contributed by atoms with Crippen LogP contribution in [0.25, 0.3) is 0 Å². The van der Waals surface area contributed by atoms with Crippen molar-refractivity contribution < 1.29 is 14.4 Å². The van der Waals surface area contributed by atoms with Gasteiger partial charge in [-0.1, -0.05) is 0 Å². The maximum Gasteiger partial charge on any atom is 0.314 e. The van der Waals surface area contributed by atoms with Gasteiger partial charge in [-0.3, -0.25) is 9.59 Å². The molecule has 0 radical (unpaired) electrons. The highest BCUT2D eigenvalue weighted by Gasteiger charge is 2.32. The van der Waals surface area contributed by atoms with Gasteiger partial charge in [-0.25, -0.2) is 4.79 Å². The second kappa shape index (κ2) is 9.24. The summed E-state index contributed by atoms with van der Waals surface area (Å²) in [6.45, 7) is 3.02. The number of amides is 4. The van der Waals surface area contributed by atoms with Crippen LogP contribution < -0.4 is 11.1 Å². The first-order chi connectivity index (χ1) is 13.5. The van der Waals surface area contributed by atoms with Crippen LogP contribution in [0.15, 0.2) is 0 Å². The van der Waals surface area contributed by atoms with Gasteiger partial charge in [0.05, 0.1) is 12.6 Å². The minimum atomic E-state index is -0.428. The van der Waals surface area contributed by atoms with Gasteiger partial charge in [0.15, 0.2) is 0 Å². The van der Waals surface area contributed by atoms with E-state index in [1.807, 2.05) is 4.90 Å². The Kier molecular flexibility index (Phi) is 6.73. The summed E-state index contributed by atoms with van der Waals surface area (Å²) in [5.74, 6) is 0.192. The third-order valence-electron chi connectivity index (χ3n) is 6.24. The molecule has 3 rings (SSSR count). The van der Waals surface area contributed by atoms with Crippen LogP contribution in [0.3, 0.4) is 0 Å². The minimum Gasteiger partial charge on any atom is -0.351 e. The van der Waals surface area contributed by atoms with Gasteiger partial charge in [-0.05, 0) is 38.5 Å². The molecule has 0 bridgehead atoms. The molecule has 1 aliphatic carbocycles. The monoisotopic (exact) mass is 390 g/mol. The van der Waals surface area contributed by atoms with Crippen LogP contribution in [0, 0.1) is 17.2 Å². The van der Waals surface area contributed by atoms with Crippen molar-refractivity contribution in [1.29, 1.82) is 5.26 Å². The molecule has 3 N–H and O–H groups in total. The molecule has 3 aliphatic rings. The lowest BCUT2D eigenvalue weighted by Gasteiger charge is -2.37. The normalized spacial score (nSPS) is 28.1. The van der Waals surface area contributed by atoms with Gasteiger partial charge in [0.1, 0.15) is 6.04 Å². The quantitative estimate of drug-likeness (QED) is 0.692. The second-order valence-corrected chi connectivity index (χ2v) is 7.95. The van der Waals surface area contributed by atoms with Crippen molar-refractivity contribution in [1.82, 2.24) is 20.0 Å². The smallest absolute Gasteiger partial charge is 0.314 e. The third-order valence-corrected chi connectivity index (χ3v) is 6.24. The molecule has 0 spiro atoms. The fourth-order valence-electron chi connectivity index (χ4n) is 4.48. The van der Waals surface area contributed by atoms with Crippen molar-refractivity contribution in [3.05, 3.63) is 0 Å². The van der Waals surface area contributed by atoms with Gasteiger partial charge in [0.25, 0.3) is 0 Å². The predicted octanol–water partition coefficient (Wildman–Crippen LogP) is -0.128. The van der Waals surface area contributed by atoms with E-state index in [0.717, 1.165) is 38.5 Å². The lowest BCUT2D eigenvalue weighted by Crippen LogP contribution is -2.53. The molecule has 28 heavy (non-hydrogen) atoms. The minimum absolute atomic E-state index is 0.00503. The predicted molar refractivity (Wildman–Crippen MR) is 102 cm³/mol. The molecule has 9 heteroatoms. The zero-order valence-corrected chi connectivity index (χ0v) is 16.3.